The number of rotatable bonds is 5. The van der Waals surface area contributed by atoms with E-state index in [2.05, 4.69) is 21.0 Å². The van der Waals surface area contributed by atoms with Gasteiger partial charge in [0.25, 0.3) is 0 Å². The van der Waals surface area contributed by atoms with Crippen LogP contribution in [0.1, 0.15) is 5.56 Å². The smallest absolute Gasteiger partial charge is 0.139 e. The lowest BCUT2D eigenvalue weighted by atomic mass is 10.0. The van der Waals surface area contributed by atoms with Crippen LogP contribution in [-0.4, -0.2) is 22.0 Å². The fraction of sp³-hybridized carbons (Fsp3) is 0.167. The van der Waals surface area contributed by atoms with E-state index in [1.165, 1.54) is 12.1 Å². The van der Waals surface area contributed by atoms with E-state index in [-0.39, 0.29) is 19.2 Å². The molecule has 0 amide bonds. The van der Waals surface area contributed by atoms with Crippen molar-refractivity contribution in [3.8, 4) is 22.5 Å². The lowest BCUT2D eigenvalue weighted by Gasteiger charge is -2.07. The number of hydrogen-bond donors (Lipinski definition) is 1. The third kappa shape index (κ3) is 3.26. The topological polar surface area (TPSA) is 47.3 Å². The van der Waals surface area contributed by atoms with Gasteiger partial charge >= 0.3 is 0 Å². The van der Waals surface area contributed by atoms with Crippen molar-refractivity contribution in [2.75, 3.05) is 7.11 Å². The first-order valence-corrected chi connectivity index (χ1v) is 8.14. The molecule has 1 heterocycles. The maximum absolute atomic E-state index is 13.2. The Kier molecular flexibility index (Phi) is 5.08. The first-order valence-electron chi connectivity index (χ1n) is 7.35. The number of benzene rings is 2. The van der Waals surface area contributed by atoms with Gasteiger partial charge in [-0.3, -0.25) is 0 Å². The molecule has 4 nitrogen and oxygen atoms in total. The number of halogens is 2. The zero-order valence-electron chi connectivity index (χ0n) is 13.0. The quantitative estimate of drug-likeness (QED) is 0.709. The van der Waals surface area contributed by atoms with E-state index in [0.717, 1.165) is 26.9 Å². The van der Waals surface area contributed by atoms with Crippen LogP contribution in [0.5, 0.6) is 0 Å². The molecule has 0 aliphatic heterocycles. The van der Waals surface area contributed by atoms with Crippen molar-refractivity contribution in [2.24, 2.45) is 0 Å². The SMILES string of the molecule is COCn1nc(-c2c(Br)cccc2CO)cc1-c1ccc(F)cc1. The van der Waals surface area contributed by atoms with Crippen molar-refractivity contribution in [1.29, 1.82) is 0 Å². The molecule has 1 aromatic heterocycles. The van der Waals surface area contributed by atoms with Gasteiger partial charge in [-0.15, -0.1) is 0 Å². The van der Waals surface area contributed by atoms with Gasteiger partial charge in [0.2, 0.25) is 0 Å². The summed E-state index contributed by atoms with van der Waals surface area (Å²) in [5.41, 5.74) is 3.97. The highest BCUT2D eigenvalue weighted by Crippen LogP contribution is 2.33. The van der Waals surface area contributed by atoms with Gasteiger partial charge in [0, 0.05) is 22.7 Å². The second-order valence-electron chi connectivity index (χ2n) is 5.27. The third-order valence-corrected chi connectivity index (χ3v) is 4.36. The molecule has 0 aliphatic rings. The Morgan fingerprint density at radius 2 is 1.96 bits per heavy atom. The van der Waals surface area contributed by atoms with Crippen LogP contribution in [0.3, 0.4) is 0 Å². The lowest BCUT2D eigenvalue weighted by Crippen LogP contribution is -2.04. The molecule has 0 bridgehead atoms. The van der Waals surface area contributed by atoms with E-state index < -0.39 is 0 Å². The van der Waals surface area contributed by atoms with Crippen molar-refractivity contribution in [2.45, 2.75) is 13.3 Å². The molecule has 0 spiro atoms. The molecule has 6 heteroatoms. The van der Waals surface area contributed by atoms with Crippen LogP contribution in [0, 0.1) is 5.82 Å². The molecule has 3 aromatic rings. The van der Waals surface area contributed by atoms with Gasteiger partial charge in [0.05, 0.1) is 18.0 Å². The van der Waals surface area contributed by atoms with E-state index in [9.17, 15) is 9.50 Å². The molecule has 0 saturated heterocycles. The van der Waals surface area contributed by atoms with Crippen LogP contribution in [0.25, 0.3) is 22.5 Å². The number of methoxy groups -OCH3 is 1. The Hall–Kier alpha value is -2.02. The minimum atomic E-state index is -0.287. The number of aromatic nitrogens is 2. The molecule has 0 atom stereocenters. The fourth-order valence-corrected chi connectivity index (χ4v) is 3.21. The molecular formula is C18H16BrFN2O2. The summed E-state index contributed by atoms with van der Waals surface area (Å²) >= 11 is 3.52. The average molecular weight is 391 g/mol. The van der Waals surface area contributed by atoms with Crippen molar-refractivity contribution >= 4 is 15.9 Å². The number of aliphatic hydroxyl groups is 1. The van der Waals surface area contributed by atoms with Gasteiger partial charge in [0.1, 0.15) is 12.5 Å². The molecule has 0 unspecified atom stereocenters. The van der Waals surface area contributed by atoms with Gasteiger partial charge < -0.3 is 9.84 Å². The fourth-order valence-electron chi connectivity index (χ4n) is 2.60. The Balaban J connectivity index is 2.15. The second-order valence-corrected chi connectivity index (χ2v) is 6.13. The van der Waals surface area contributed by atoms with E-state index >= 15 is 0 Å². The number of hydrogen-bond acceptors (Lipinski definition) is 3. The van der Waals surface area contributed by atoms with Gasteiger partial charge in [-0.1, -0.05) is 28.1 Å². The molecular weight excluding hydrogens is 375 g/mol. The predicted molar refractivity (Wildman–Crippen MR) is 93.7 cm³/mol. The summed E-state index contributed by atoms with van der Waals surface area (Å²) in [6.45, 7) is 0.184. The second kappa shape index (κ2) is 7.25. The number of nitrogens with zero attached hydrogens (tertiary/aromatic N) is 2. The van der Waals surface area contributed by atoms with E-state index in [1.54, 1.807) is 23.9 Å². The van der Waals surface area contributed by atoms with E-state index in [4.69, 9.17) is 4.74 Å². The van der Waals surface area contributed by atoms with Crippen LogP contribution in [0.4, 0.5) is 4.39 Å². The molecule has 0 aliphatic carbocycles. The van der Waals surface area contributed by atoms with Crippen LogP contribution in [0.2, 0.25) is 0 Å². The van der Waals surface area contributed by atoms with Gasteiger partial charge in [-0.05, 0) is 42.0 Å². The molecule has 0 saturated carbocycles. The monoisotopic (exact) mass is 390 g/mol. The highest BCUT2D eigenvalue weighted by atomic mass is 79.9. The highest BCUT2D eigenvalue weighted by Gasteiger charge is 2.16. The number of ether oxygens (including phenoxy) is 1. The normalized spacial score (nSPS) is 11.0. The first kappa shape index (κ1) is 16.8. The Morgan fingerprint density at radius 1 is 1.21 bits per heavy atom. The summed E-state index contributed by atoms with van der Waals surface area (Å²) in [7, 11) is 1.59. The Bertz CT molecular complexity index is 847. The summed E-state index contributed by atoms with van der Waals surface area (Å²) in [5.74, 6) is -0.287. The lowest BCUT2D eigenvalue weighted by molar-refractivity contribution is 0.122. The summed E-state index contributed by atoms with van der Waals surface area (Å²) in [6.07, 6.45) is 0. The zero-order valence-corrected chi connectivity index (χ0v) is 14.6. The van der Waals surface area contributed by atoms with E-state index in [0.29, 0.717) is 5.69 Å². The highest BCUT2D eigenvalue weighted by molar-refractivity contribution is 9.10. The van der Waals surface area contributed by atoms with Crippen molar-refractivity contribution in [3.05, 3.63) is 64.4 Å². The minimum absolute atomic E-state index is 0.0855. The molecule has 0 fully saturated rings. The summed E-state index contributed by atoms with van der Waals surface area (Å²) < 4.78 is 21.0. The average Bonchev–Trinajstić information content (AvgIpc) is 2.99. The molecule has 0 radical (unpaired) electrons. The van der Waals surface area contributed by atoms with Crippen LogP contribution in [-0.2, 0) is 18.1 Å². The third-order valence-electron chi connectivity index (χ3n) is 3.70. The largest absolute Gasteiger partial charge is 0.392 e. The van der Waals surface area contributed by atoms with Gasteiger partial charge in [-0.25, -0.2) is 9.07 Å². The minimum Gasteiger partial charge on any atom is -0.392 e. The van der Waals surface area contributed by atoms with Gasteiger partial charge in [-0.2, -0.15) is 5.10 Å². The molecule has 24 heavy (non-hydrogen) atoms. The van der Waals surface area contributed by atoms with Crippen LogP contribution < -0.4 is 0 Å². The van der Waals surface area contributed by atoms with Crippen LogP contribution in [0.15, 0.2) is 53.0 Å². The van der Waals surface area contributed by atoms with Crippen molar-refractivity contribution < 1.29 is 14.2 Å². The van der Waals surface area contributed by atoms with Gasteiger partial charge in [0.15, 0.2) is 0 Å². The molecule has 2 aromatic carbocycles. The standard InChI is InChI=1S/C18H16BrFN2O2/c1-24-11-22-17(12-5-7-14(20)8-6-12)9-16(21-22)18-13(10-23)3-2-4-15(18)19/h2-9,23H,10-11H2,1H3. The first-order chi connectivity index (χ1) is 11.6. The Labute approximate surface area is 147 Å². The van der Waals surface area contributed by atoms with E-state index in [1.807, 2.05) is 24.3 Å². The number of aliphatic hydroxyl groups excluding tert-OH is 1. The van der Waals surface area contributed by atoms with Crippen LogP contribution >= 0.6 is 15.9 Å². The summed E-state index contributed by atoms with van der Waals surface area (Å²) in [4.78, 5) is 0. The zero-order chi connectivity index (χ0) is 17.1. The Morgan fingerprint density at radius 3 is 2.62 bits per heavy atom. The maximum atomic E-state index is 13.2. The molecule has 124 valence electrons. The maximum Gasteiger partial charge on any atom is 0.139 e. The van der Waals surface area contributed by atoms with Crippen molar-refractivity contribution in [1.82, 2.24) is 9.78 Å². The predicted octanol–water partition coefficient (Wildman–Crippen LogP) is 4.21. The summed E-state index contributed by atoms with van der Waals surface area (Å²) in [5, 5.41) is 14.2. The summed E-state index contributed by atoms with van der Waals surface area (Å²) in [6, 6.07) is 13.8. The molecule has 3 rings (SSSR count). The molecule has 1 N–H and O–H groups in total. The van der Waals surface area contributed by atoms with Crippen molar-refractivity contribution in [3.63, 3.8) is 0 Å².